The van der Waals surface area contributed by atoms with E-state index in [9.17, 15) is 14.4 Å². The number of hydrogen-bond donors (Lipinski definition) is 2. The highest BCUT2D eigenvalue weighted by Gasteiger charge is 2.48. The molecule has 23 heavy (non-hydrogen) atoms. The number of rotatable bonds is 3. The summed E-state index contributed by atoms with van der Waals surface area (Å²) in [5.74, 6) is -0.362. The van der Waals surface area contributed by atoms with Crippen LogP contribution in [-0.4, -0.2) is 48.5 Å². The van der Waals surface area contributed by atoms with Gasteiger partial charge in [-0.25, -0.2) is 4.79 Å². The Balaban J connectivity index is 1.68. The summed E-state index contributed by atoms with van der Waals surface area (Å²) < 4.78 is 5.08. The third-order valence-electron chi connectivity index (χ3n) is 4.40. The molecule has 4 amide bonds. The van der Waals surface area contributed by atoms with Crippen molar-refractivity contribution in [3.05, 3.63) is 35.4 Å². The number of hydrogen-bond acceptors (Lipinski definition) is 4. The highest BCUT2D eigenvalue weighted by Crippen LogP contribution is 2.26. The first-order valence-corrected chi connectivity index (χ1v) is 7.55. The highest BCUT2D eigenvalue weighted by atomic mass is 16.5. The highest BCUT2D eigenvalue weighted by molar-refractivity contribution is 6.07. The van der Waals surface area contributed by atoms with Crippen LogP contribution in [0, 0.1) is 0 Å². The molecule has 2 aliphatic rings. The molecule has 7 heteroatoms. The standard InChI is InChI=1S/C16H19N3O4/c1-23-10-11-3-2-4-12(9-11)13(20)19-7-5-16(6-8-19)14(21)17-15(22)18-16/h2-4,9H,5-8,10H2,1H3,(H2,17,18,21,22). The van der Waals surface area contributed by atoms with Crippen molar-refractivity contribution in [3.63, 3.8) is 0 Å². The lowest BCUT2D eigenvalue weighted by Gasteiger charge is -2.37. The summed E-state index contributed by atoms with van der Waals surface area (Å²) in [6.45, 7) is 1.32. The second kappa shape index (κ2) is 6.00. The zero-order valence-corrected chi connectivity index (χ0v) is 12.9. The molecule has 2 aliphatic heterocycles. The minimum Gasteiger partial charge on any atom is -0.380 e. The molecule has 1 spiro atoms. The van der Waals surface area contributed by atoms with Crippen molar-refractivity contribution >= 4 is 17.8 Å². The van der Waals surface area contributed by atoms with Crippen LogP contribution in [0.4, 0.5) is 4.79 Å². The Bertz CT molecular complexity index is 650. The fourth-order valence-electron chi connectivity index (χ4n) is 3.12. The molecule has 1 aromatic carbocycles. The normalized spacial score (nSPS) is 19.6. The van der Waals surface area contributed by atoms with Crippen LogP contribution >= 0.6 is 0 Å². The predicted molar refractivity (Wildman–Crippen MR) is 81.7 cm³/mol. The third-order valence-corrected chi connectivity index (χ3v) is 4.40. The van der Waals surface area contributed by atoms with Crippen molar-refractivity contribution in [2.45, 2.75) is 25.0 Å². The molecule has 7 nitrogen and oxygen atoms in total. The molecule has 0 unspecified atom stereocenters. The van der Waals surface area contributed by atoms with Crippen molar-refractivity contribution in [1.29, 1.82) is 0 Å². The topological polar surface area (TPSA) is 87.7 Å². The maximum Gasteiger partial charge on any atom is 0.322 e. The van der Waals surface area contributed by atoms with Gasteiger partial charge in [-0.1, -0.05) is 12.1 Å². The Morgan fingerprint density at radius 3 is 2.65 bits per heavy atom. The molecule has 0 atom stereocenters. The van der Waals surface area contributed by atoms with E-state index in [-0.39, 0.29) is 11.8 Å². The number of carbonyl (C=O) groups is 3. The van der Waals surface area contributed by atoms with Gasteiger partial charge in [0.05, 0.1) is 6.61 Å². The summed E-state index contributed by atoms with van der Waals surface area (Å²) in [5.41, 5.74) is 0.691. The number of benzene rings is 1. The summed E-state index contributed by atoms with van der Waals surface area (Å²) >= 11 is 0. The second-order valence-electron chi connectivity index (χ2n) is 5.92. The maximum atomic E-state index is 12.6. The van der Waals surface area contributed by atoms with E-state index >= 15 is 0 Å². The zero-order valence-electron chi connectivity index (χ0n) is 12.9. The minimum absolute atomic E-state index is 0.0671. The number of carbonyl (C=O) groups excluding carboxylic acids is 3. The summed E-state index contributed by atoms with van der Waals surface area (Å²) in [7, 11) is 1.61. The lowest BCUT2D eigenvalue weighted by molar-refractivity contribution is -0.125. The Kier molecular flexibility index (Phi) is 4.04. The summed E-state index contributed by atoms with van der Waals surface area (Å²) in [4.78, 5) is 37.6. The van der Waals surface area contributed by atoms with Gasteiger partial charge in [0.2, 0.25) is 0 Å². The molecule has 3 rings (SSSR count). The van der Waals surface area contributed by atoms with E-state index in [1.807, 2.05) is 18.2 Å². The van der Waals surface area contributed by atoms with Crippen molar-refractivity contribution in [1.82, 2.24) is 15.5 Å². The fourth-order valence-corrected chi connectivity index (χ4v) is 3.12. The van der Waals surface area contributed by atoms with Gasteiger partial charge in [0, 0.05) is 25.8 Å². The maximum absolute atomic E-state index is 12.6. The summed E-state index contributed by atoms with van der Waals surface area (Å²) in [6, 6.07) is 6.87. The van der Waals surface area contributed by atoms with Gasteiger partial charge < -0.3 is 15.0 Å². The lowest BCUT2D eigenvalue weighted by atomic mass is 9.87. The molecule has 1 aromatic rings. The van der Waals surface area contributed by atoms with Crippen molar-refractivity contribution < 1.29 is 19.1 Å². The number of nitrogens with zero attached hydrogens (tertiary/aromatic N) is 1. The number of imide groups is 1. The Labute approximate surface area is 134 Å². The smallest absolute Gasteiger partial charge is 0.322 e. The van der Waals surface area contributed by atoms with Gasteiger partial charge in [-0.2, -0.15) is 0 Å². The van der Waals surface area contributed by atoms with Crippen LogP contribution < -0.4 is 10.6 Å². The third kappa shape index (κ3) is 2.92. The van der Waals surface area contributed by atoms with E-state index in [1.165, 1.54) is 0 Å². The average Bonchev–Trinajstić information content (AvgIpc) is 2.82. The van der Waals surface area contributed by atoms with Gasteiger partial charge in [0.15, 0.2) is 0 Å². The molecule has 0 bridgehead atoms. The first-order valence-electron chi connectivity index (χ1n) is 7.55. The molecule has 122 valence electrons. The van der Waals surface area contributed by atoms with Crippen molar-refractivity contribution in [2.75, 3.05) is 20.2 Å². The second-order valence-corrected chi connectivity index (χ2v) is 5.92. The average molecular weight is 317 g/mol. The predicted octanol–water partition coefficient (Wildman–Crippen LogP) is 0.647. The van der Waals surface area contributed by atoms with Crippen LogP contribution in [0.2, 0.25) is 0 Å². The van der Waals surface area contributed by atoms with Crippen LogP contribution in [0.25, 0.3) is 0 Å². The molecule has 2 heterocycles. The van der Waals surface area contributed by atoms with Gasteiger partial charge in [-0.15, -0.1) is 0 Å². The van der Waals surface area contributed by atoms with E-state index in [0.717, 1.165) is 5.56 Å². The number of piperidine rings is 1. The molecular formula is C16H19N3O4. The van der Waals surface area contributed by atoms with Gasteiger partial charge in [0.1, 0.15) is 5.54 Å². The SMILES string of the molecule is COCc1cccc(C(=O)N2CCC3(CC2)NC(=O)NC3=O)c1. The molecule has 2 saturated heterocycles. The minimum atomic E-state index is -0.855. The van der Waals surface area contributed by atoms with Gasteiger partial charge in [0.25, 0.3) is 11.8 Å². The van der Waals surface area contributed by atoms with Crippen LogP contribution in [0.1, 0.15) is 28.8 Å². The monoisotopic (exact) mass is 317 g/mol. The van der Waals surface area contributed by atoms with Crippen molar-refractivity contribution in [2.24, 2.45) is 0 Å². The van der Waals surface area contributed by atoms with Crippen LogP contribution in [0.3, 0.4) is 0 Å². The van der Waals surface area contributed by atoms with Crippen LogP contribution in [0.15, 0.2) is 24.3 Å². The Hall–Kier alpha value is -2.41. The number of nitrogens with one attached hydrogen (secondary N) is 2. The number of methoxy groups -OCH3 is 1. The van der Waals surface area contributed by atoms with E-state index in [1.54, 1.807) is 18.1 Å². The molecule has 0 saturated carbocycles. The number of ether oxygens (including phenoxy) is 1. The summed E-state index contributed by atoms with van der Waals surface area (Å²) in [5, 5.41) is 4.96. The van der Waals surface area contributed by atoms with Gasteiger partial charge >= 0.3 is 6.03 Å². The fraction of sp³-hybridized carbons (Fsp3) is 0.438. The Morgan fingerprint density at radius 1 is 1.30 bits per heavy atom. The van der Waals surface area contributed by atoms with Crippen molar-refractivity contribution in [3.8, 4) is 0 Å². The molecule has 0 aromatic heterocycles. The zero-order chi connectivity index (χ0) is 16.4. The van der Waals surface area contributed by atoms with Gasteiger partial charge in [-0.3, -0.25) is 14.9 Å². The largest absolute Gasteiger partial charge is 0.380 e. The first kappa shape index (κ1) is 15.5. The van der Waals surface area contributed by atoms with E-state index in [4.69, 9.17) is 4.74 Å². The molecular weight excluding hydrogens is 298 g/mol. The number of urea groups is 1. The van der Waals surface area contributed by atoms with Crippen LogP contribution in [0.5, 0.6) is 0 Å². The summed E-state index contributed by atoms with van der Waals surface area (Å²) in [6.07, 6.45) is 0.849. The quantitative estimate of drug-likeness (QED) is 0.801. The van der Waals surface area contributed by atoms with E-state index in [0.29, 0.717) is 38.1 Å². The number of amides is 4. The Morgan fingerprint density at radius 2 is 2.04 bits per heavy atom. The molecule has 0 radical (unpaired) electrons. The molecule has 2 fully saturated rings. The van der Waals surface area contributed by atoms with E-state index in [2.05, 4.69) is 10.6 Å². The molecule has 0 aliphatic carbocycles. The van der Waals surface area contributed by atoms with Gasteiger partial charge in [-0.05, 0) is 30.5 Å². The van der Waals surface area contributed by atoms with Crippen LogP contribution in [-0.2, 0) is 16.1 Å². The number of likely N-dealkylation sites (tertiary alicyclic amines) is 1. The lowest BCUT2D eigenvalue weighted by Crippen LogP contribution is -2.55. The first-order chi connectivity index (χ1) is 11.0. The van der Waals surface area contributed by atoms with E-state index < -0.39 is 11.6 Å². The molecule has 2 N–H and O–H groups in total.